The van der Waals surface area contributed by atoms with Gasteiger partial charge >= 0.3 is 7.60 Å². The molecule has 0 N–H and O–H groups in total. The molecule has 0 saturated carbocycles. The molecule has 0 unspecified atom stereocenters. The lowest BCUT2D eigenvalue weighted by Gasteiger charge is -2.37. The first-order valence-corrected chi connectivity index (χ1v) is 18.4. The molecular weight excluding hydrogens is 627 g/mol. The molecule has 1 heterocycles. The van der Waals surface area contributed by atoms with Crippen molar-refractivity contribution in [3.8, 4) is 0 Å². The summed E-state index contributed by atoms with van der Waals surface area (Å²) in [6.45, 7) is 5.64. The van der Waals surface area contributed by atoms with E-state index in [0.29, 0.717) is 19.8 Å². The Morgan fingerprint density at radius 3 is 1.52 bits per heavy atom. The summed E-state index contributed by atoms with van der Waals surface area (Å²) in [6.07, 6.45) is -1.97. The van der Waals surface area contributed by atoms with Crippen molar-refractivity contribution in [2.24, 2.45) is 0 Å². The smallest absolute Gasteiger partial charge is 0.333 e. The van der Waals surface area contributed by atoms with Crippen LogP contribution in [0.25, 0.3) is 0 Å². The van der Waals surface area contributed by atoms with E-state index in [1.807, 2.05) is 121 Å². The van der Waals surface area contributed by atoms with Crippen LogP contribution >= 0.6 is 7.60 Å². The fourth-order valence-electron chi connectivity index (χ4n) is 5.95. The van der Waals surface area contributed by atoms with Crippen molar-refractivity contribution in [3.63, 3.8) is 0 Å². The van der Waals surface area contributed by atoms with Crippen molar-refractivity contribution in [2.75, 3.05) is 32.6 Å². The van der Waals surface area contributed by atoms with Gasteiger partial charge in [0.2, 0.25) is 0 Å². The Labute approximate surface area is 284 Å². The Morgan fingerprint density at radius 1 is 0.604 bits per heavy atom. The van der Waals surface area contributed by atoms with Crippen LogP contribution in [0.15, 0.2) is 121 Å². The third kappa shape index (κ3) is 10.4. The summed E-state index contributed by atoms with van der Waals surface area (Å²) in [5.74, 6) is 0. The van der Waals surface area contributed by atoms with E-state index in [2.05, 4.69) is 0 Å². The molecule has 1 aliphatic heterocycles. The van der Waals surface area contributed by atoms with Gasteiger partial charge < -0.3 is 32.7 Å². The zero-order valence-electron chi connectivity index (χ0n) is 27.9. The molecule has 9 heteroatoms. The summed E-state index contributed by atoms with van der Waals surface area (Å²) >= 11 is 0. The van der Waals surface area contributed by atoms with Gasteiger partial charge in [-0.1, -0.05) is 121 Å². The zero-order valence-corrected chi connectivity index (χ0v) is 28.8. The summed E-state index contributed by atoms with van der Waals surface area (Å²) in [5, 5.41) is 0. The van der Waals surface area contributed by atoms with E-state index in [9.17, 15) is 4.57 Å². The van der Waals surface area contributed by atoms with Crippen LogP contribution in [0.3, 0.4) is 0 Å². The second-order valence-corrected chi connectivity index (χ2v) is 13.8. The summed E-state index contributed by atoms with van der Waals surface area (Å²) in [6, 6.07) is 39.8. The maximum atomic E-state index is 14.3. The lowest BCUT2D eigenvalue weighted by Crippen LogP contribution is -2.52. The van der Waals surface area contributed by atoms with Crippen LogP contribution in [0.4, 0.5) is 0 Å². The van der Waals surface area contributed by atoms with Crippen molar-refractivity contribution in [2.45, 2.75) is 64.2 Å². The van der Waals surface area contributed by atoms with Gasteiger partial charge in [0.1, 0.15) is 23.9 Å². The molecule has 0 radical (unpaired) electrons. The number of rotatable bonds is 20. The maximum absolute atomic E-state index is 14.3. The van der Waals surface area contributed by atoms with E-state index in [-0.39, 0.29) is 39.2 Å². The highest BCUT2D eigenvalue weighted by molar-refractivity contribution is 7.53. The molecule has 1 saturated heterocycles. The fraction of sp³-hybridized carbons (Fsp3) is 0.385. The van der Waals surface area contributed by atoms with E-state index in [1.54, 1.807) is 13.8 Å². The molecule has 0 spiro atoms. The summed E-state index contributed by atoms with van der Waals surface area (Å²) in [7, 11) is -3.66. The summed E-state index contributed by atoms with van der Waals surface area (Å²) in [5.41, 5.74) is 2.79. The highest BCUT2D eigenvalue weighted by Gasteiger charge is 2.60. The van der Waals surface area contributed by atoms with Gasteiger partial charge in [0.15, 0.2) is 0 Å². The van der Waals surface area contributed by atoms with Crippen molar-refractivity contribution in [1.29, 1.82) is 0 Å². The van der Waals surface area contributed by atoms with E-state index < -0.39 is 31.5 Å². The first-order valence-electron chi connectivity index (χ1n) is 16.6. The second kappa shape index (κ2) is 18.6. The first-order chi connectivity index (χ1) is 23.5. The standard InChI is InChI=1S/C39H47O8P/c1-3-45-48(40,46-4-2)31-39(30-42-26-33-19-11-6-12-20-33)38(44-28-35-23-15-8-16-24-35)37(43-27-34-21-13-7-14-22-34)36(47-39)29-41-25-32-17-9-5-10-18-32/h5-24,36-38H,3-4,25-31H2,1-2H3/t36-,37-,38+,39+/m1/s1. The average Bonchev–Trinajstić information content (AvgIpc) is 3.39. The lowest BCUT2D eigenvalue weighted by atomic mass is 9.96. The van der Waals surface area contributed by atoms with Crippen LogP contribution in [0, 0.1) is 0 Å². The Balaban J connectivity index is 1.49. The minimum Gasteiger partial charge on any atom is -0.374 e. The second-order valence-electron chi connectivity index (χ2n) is 11.8. The molecule has 0 bridgehead atoms. The minimum atomic E-state index is -3.66. The Hall–Kier alpha value is -3.17. The van der Waals surface area contributed by atoms with Crippen LogP contribution in [-0.4, -0.2) is 56.5 Å². The molecule has 0 aromatic heterocycles. The highest BCUT2D eigenvalue weighted by Crippen LogP contribution is 2.54. The molecular formula is C39H47O8P. The van der Waals surface area contributed by atoms with Gasteiger partial charge in [-0.25, -0.2) is 0 Å². The SMILES string of the molecule is CCOP(=O)(C[C@]1(COCc2ccccc2)O[C@H](COCc2ccccc2)[C@@H](OCc2ccccc2)[C@@H]1OCc1ccccc1)OCC. The monoisotopic (exact) mass is 674 g/mol. The van der Waals surface area contributed by atoms with Gasteiger partial charge in [-0.2, -0.15) is 0 Å². The zero-order chi connectivity index (χ0) is 33.5. The van der Waals surface area contributed by atoms with Gasteiger partial charge in [0.25, 0.3) is 0 Å². The normalized spacial score (nSPS) is 21.0. The van der Waals surface area contributed by atoms with Crippen molar-refractivity contribution in [3.05, 3.63) is 144 Å². The van der Waals surface area contributed by atoms with Crippen LogP contribution in [-0.2, 0) is 63.7 Å². The molecule has 1 fully saturated rings. The van der Waals surface area contributed by atoms with E-state index >= 15 is 0 Å². The molecule has 4 atom stereocenters. The van der Waals surface area contributed by atoms with Gasteiger partial charge in [-0.05, 0) is 36.1 Å². The molecule has 8 nitrogen and oxygen atoms in total. The van der Waals surface area contributed by atoms with Crippen LogP contribution < -0.4 is 0 Å². The molecule has 4 aromatic rings. The largest absolute Gasteiger partial charge is 0.374 e. The van der Waals surface area contributed by atoms with E-state index in [4.69, 9.17) is 32.7 Å². The van der Waals surface area contributed by atoms with Crippen molar-refractivity contribution >= 4 is 7.60 Å². The summed E-state index contributed by atoms with van der Waals surface area (Å²) < 4.78 is 59.1. The third-order valence-corrected chi connectivity index (χ3v) is 10.3. The predicted octanol–water partition coefficient (Wildman–Crippen LogP) is 7.99. The van der Waals surface area contributed by atoms with Crippen LogP contribution in [0.1, 0.15) is 36.1 Å². The van der Waals surface area contributed by atoms with Crippen molar-refractivity contribution in [1.82, 2.24) is 0 Å². The van der Waals surface area contributed by atoms with E-state index in [1.165, 1.54) is 0 Å². The highest BCUT2D eigenvalue weighted by atomic mass is 31.2. The molecule has 0 aliphatic carbocycles. The fourth-order valence-corrected chi connectivity index (χ4v) is 7.99. The average molecular weight is 675 g/mol. The molecule has 256 valence electrons. The Morgan fingerprint density at radius 2 is 1.04 bits per heavy atom. The van der Waals surface area contributed by atoms with Crippen LogP contribution in [0.2, 0.25) is 0 Å². The van der Waals surface area contributed by atoms with Crippen LogP contribution in [0.5, 0.6) is 0 Å². The molecule has 4 aromatic carbocycles. The van der Waals surface area contributed by atoms with Gasteiger partial charge in [0, 0.05) is 0 Å². The topological polar surface area (TPSA) is 81.7 Å². The summed E-state index contributed by atoms with van der Waals surface area (Å²) in [4.78, 5) is 0. The molecule has 48 heavy (non-hydrogen) atoms. The van der Waals surface area contributed by atoms with Crippen molar-refractivity contribution < 1.29 is 37.3 Å². The number of ether oxygens (including phenoxy) is 5. The predicted molar refractivity (Wildman–Crippen MR) is 186 cm³/mol. The first kappa shape index (κ1) is 36.1. The van der Waals surface area contributed by atoms with Gasteiger partial charge in [-0.3, -0.25) is 4.57 Å². The Kier molecular flexibility index (Phi) is 14.0. The number of benzene rings is 4. The Bertz CT molecular complexity index is 1500. The van der Waals surface area contributed by atoms with E-state index in [0.717, 1.165) is 22.3 Å². The number of hydrogen-bond acceptors (Lipinski definition) is 8. The maximum Gasteiger partial charge on any atom is 0.333 e. The van der Waals surface area contributed by atoms with Gasteiger partial charge in [0.05, 0.1) is 59.0 Å². The third-order valence-electron chi connectivity index (χ3n) is 8.09. The minimum absolute atomic E-state index is 0.0614. The molecule has 1 aliphatic rings. The number of hydrogen-bond donors (Lipinski definition) is 0. The molecule has 5 rings (SSSR count). The molecule has 0 amide bonds. The quantitative estimate of drug-likeness (QED) is 0.0873. The van der Waals surface area contributed by atoms with Gasteiger partial charge in [-0.15, -0.1) is 0 Å². The lowest BCUT2D eigenvalue weighted by molar-refractivity contribution is -0.144.